The summed E-state index contributed by atoms with van der Waals surface area (Å²) in [6.07, 6.45) is -5.69. The molecule has 0 radical (unpaired) electrons. The van der Waals surface area contributed by atoms with Gasteiger partial charge in [-0.25, -0.2) is 0 Å². The molecule has 7 heteroatoms. The van der Waals surface area contributed by atoms with Crippen LogP contribution in [0.5, 0.6) is 0 Å². The lowest BCUT2D eigenvalue weighted by Gasteiger charge is -2.43. The molecule has 1 heterocycles. The summed E-state index contributed by atoms with van der Waals surface area (Å²) in [4.78, 5) is 0. The summed E-state index contributed by atoms with van der Waals surface area (Å²) in [5.74, 6) is -5.04. The third-order valence-corrected chi connectivity index (χ3v) is 1.78. The summed E-state index contributed by atoms with van der Waals surface area (Å²) in [5.41, 5.74) is -2.97. The average Bonchev–Trinajstić information content (AvgIpc) is 1.79. The second-order valence-electron chi connectivity index (χ2n) is 2.71. The van der Waals surface area contributed by atoms with Crippen molar-refractivity contribution in [3.63, 3.8) is 0 Å². The molecule has 2 N–H and O–H groups in total. The molecule has 1 fully saturated rings. The van der Waals surface area contributed by atoms with E-state index in [1.807, 2.05) is 0 Å². The molecule has 0 aliphatic carbocycles. The molecule has 0 aromatic heterocycles. The van der Waals surface area contributed by atoms with Crippen LogP contribution in [0.2, 0.25) is 0 Å². The van der Waals surface area contributed by atoms with Crippen LogP contribution < -0.4 is 5.32 Å². The molecule has 0 aromatic carbocycles. The van der Waals surface area contributed by atoms with Gasteiger partial charge in [-0.2, -0.15) is 22.0 Å². The Morgan fingerprint density at radius 3 is 1.58 bits per heavy atom. The largest absolute Gasteiger partial charge is 0.456 e. The number of hydrogen-bond donors (Lipinski definition) is 2. The maximum absolute atomic E-state index is 12.3. The molecule has 1 aliphatic rings. The smallest absolute Gasteiger partial charge is 0.381 e. The highest BCUT2D eigenvalue weighted by Gasteiger charge is 2.71. The molecule has 1 saturated heterocycles. The van der Waals surface area contributed by atoms with Crippen LogP contribution >= 0.6 is 0 Å². The molecule has 0 saturated carbocycles. The molecule has 2 nitrogen and oxygen atoms in total. The molecule has 0 spiro atoms. The molecule has 12 heavy (non-hydrogen) atoms. The highest BCUT2D eigenvalue weighted by atomic mass is 19.4. The Bertz CT molecular complexity index is 185. The molecule has 1 aliphatic heterocycles. The minimum absolute atomic E-state index is 0.737. The average molecular weight is 191 g/mol. The third-order valence-electron chi connectivity index (χ3n) is 1.78. The van der Waals surface area contributed by atoms with Crippen molar-refractivity contribution >= 4 is 0 Å². The van der Waals surface area contributed by atoms with E-state index in [2.05, 4.69) is 5.32 Å². The standard InChI is InChI=1S/C5H6F5NO/c6-4(7,5(8,9)10)3(12)1-11-2-3/h11-12H,1-2H2. The number of hydrogen-bond acceptors (Lipinski definition) is 2. The molecule has 0 bridgehead atoms. The highest BCUT2D eigenvalue weighted by Crippen LogP contribution is 2.44. The minimum atomic E-state index is -5.69. The maximum atomic E-state index is 12.3. The summed E-state index contributed by atoms with van der Waals surface area (Å²) in [5, 5.41) is 10.9. The zero-order chi connectivity index (χ0) is 9.62. The lowest BCUT2D eigenvalue weighted by atomic mass is 9.89. The second kappa shape index (κ2) is 2.29. The quantitative estimate of drug-likeness (QED) is 0.592. The summed E-state index contributed by atoms with van der Waals surface area (Å²) >= 11 is 0. The zero-order valence-electron chi connectivity index (χ0n) is 5.75. The van der Waals surface area contributed by atoms with Crippen molar-refractivity contribution < 1.29 is 27.1 Å². The first kappa shape index (κ1) is 9.66. The maximum Gasteiger partial charge on any atom is 0.456 e. The molecule has 0 atom stereocenters. The van der Waals surface area contributed by atoms with Crippen molar-refractivity contribution in [2.24, 2.45) is 0 Å². The fourth-order valence-corrected chi connectivity index (χ4v) is 0.848. The number of alkyl halides is 5. The van der Waals surface area contributed by atoms with Crippen molar-refractivity contribution in [3.8, 4) is 0 Å². The van der Waals surface area contributed by atoms with Gasteiger partial charge in [-0.05, 0) is 0 Å². The predicted molar refractivity (Wildman–Crippen MR) is 28.8 cm³/mol. The fourth-order valence-electron chi connectivity index (χ4n) is 0.848. The van der Waals surface area contributed by atoms with E-state index in [-0.39, 0.29) is 0 Å². The third kappa shape index (κ3) is 1.08. The van der Waals surface area contributed by atoms with E-state index in [4.69, 9.17) is 5.11 Å². The lowest BCUT2D eigenvalue weighted by molar-refractivity contribution is -0.349. The molecular formula is C5H6F5NO. The van der Waals surface area contributed by atoms with Gasteiger partial charge in [-0.3, -0.25) is 0 Å². The van der Waals surface area contributed by atoms with Gasteiger partial charge in [0.2, 0.25) is 0 Å². The normalized spacial score (nSPS) is 23.5. The summed E-state index contributed by atoms with van der Waals surface area (Å²) in [6, 6.07) is 0. The van der Waals surface area contributed by atoms with Crippen molar-refractivity contribution in [2.75, 3.05) is 13.1 Å². The Labute approximate surface area is 64.4 Å². The van der Waals surface area contributed by atoms with Gasteiger partial charge in [0.15, 0.2) is 5.60 Å². The van der Waals surface area contributed by atoms with Gasteiger partial charge in [0.25, 0.3) is 0 Å². The monoisotopic (exact) mass is 191 g/mol. The molecule has 0 amide bonds. The van der Waals surface area contributed by atoms with Gasteiger partial charge < -0.3 is 10.4 Å². The van der Waals surface area contributed by atoms with E-state index >= 15 is 0 Å². The number of rotatable bonds is 1. The minimum Gasteiger partial charge on any atom is -0.381 e. The van der Waals surface area contributed by atoms with Crippen LogP contribution in [-0.4, -0.2) is 35.9 Å². The van der Waals surface area contributed by atoms with E-state index in [9.17, 15) is 22.0 Å². The number of halogens is 5. The van der Waals surface area contributed by atoms with Crippen molar-refractivity contribution in [3.05, 3.63) is 0 Å². The van der Waals surface area contributed by atoms with Crippen molar-refractivity contribution in [1.82, 2.24) is 5.32 Å². The number of nitrogens with one attached hydrogen (secondary N) is 1. The Balaban J connectivity index is 2.84. The van der Waals surface area contributed by atoms with Crippen LogP contribution in [0.1, 0.15) is 0 Å². The Hall–Kier alpha value is -0.430. The van der Waals surface area contributed by atoms with E-state index in [1.54, 1.807) is 0 Å². The summed E-state index contributed by atoms with van der Waals surface area (Å²) < 4.78 is 59.5. The fraction of sp³-hybridized carbons (Fsp3) is 1.00. The molecular weight excluding hydrogens is 185 g/mol. The van der Waals surface area contributed by atoms with Crippen molar-refractivity contribution in [2.45, 2.75) is 17.7 Å². The first-order valence-corrected chi connectivity index (χ1v) is 3.08. The number of β-amino-alcohol motifs (C(OH)–C–C–N with tert-alkyl or cyclic N) is 1. The lowest BCUT2D eigenvalue weighted by Crippen LogP contribution is -2.72. The molecule has 1 rings (SSSR count). The zero-order valence-corrected chi connectivity index (χ0v) is 5.75. The van der Waals surface area contributed by atoms with E-state index in [1.165, 1.54) is 0 Å². The highest BCUT2D eigenvalue weighted by molar-refractivity contribution is 5.06. The summed E-state index contributed by atoms with van der Waals surface area (Å²) in [7, 11) is 0. The van der Waals surface area contributed by atoms with Gasteiger partial charge in [-0.15, -0.1) is 0 Å². The van der Waals surface area contributed by atoms with Crippen LogP contribution in [0.15, 0.2) is 0 Å². The van der Waals surface area contributed by atoms with Gasteiger partial charge in [0.1, 0.15) is 0 Å². The molecule has 0 unspecified atom stereocenters. The SMILES string of the molecule is OC1(C(F)(F)C(F)(F)F)CNC1. The second-order valence-corrected chi connectivity index (χ2v) is 2.71. The first-order valence-electron chi connectivity index (χ1n) is 3.08. The van der Waals surface area contributed by atoms with Crippen LogP contribution in [-0.2, 0) is 0 Å². The van der Waals surface area contributed by atoms with Crippen molar-refractivity contribution in [1.29, 1.82) is 0 Å². The van der Waals surface area contributed by atoms with Gasteiger partial charge in [0.05, 0.1) is 0 Å². The van der Waals surface area contributed by atoms with Crippen LogP contribution in [0, 0.1) is 0 Å². The van der Waals surface area contributed by atoms with E-state index in [0.29, 0.717) is 0 Å². The predicted octanol–water partition coefficient (Wildman–Crippen LogP) is 0.518. The van der Waals surface area contributed by atoms with Crippen LogP contribution in [0.3, 0.4) is 0 Å². The van der Waals surface area contributed by atoms with Gasteiger partial charge in [0, 0.05) is 13.1 Å². The first-order chi connectivity index (χ1) is 5.21. The van der Waals surface area contributed by atoms with Crippen LogP contribution in [0.25, 0.3) is 0 Å². The Morgan fingerprint density at radius 1 is 1.08 bits per heavy atom. The molecule has 72 valence electrons. The van der Waals surface area contributed by atoms with E-state index in [0.717, 1.165) is 0 Å². The Kier molecular flexibility index (Phi) is 1.84. The van der Waals surface area contributed by atoms with Gasteiger partial charge in [-0.1, -0.05) is 0 Å². The molecule has 0 aromatic rings. The topological polar surface area (TPSA) is 32.3 Å². The number of aliphatic hydroxyl groups is 1. The van der Waals surface area contributed by atoms with E-state index < -0.39 is 30.8 Å². The van der Waals surface area contributed by atoms with Gasteiger partial charge >= 0.3 is 12.1 Å². The Morgan fingerprint density at radius 2 is 1.50 bits per heavy atom. The summed E-state index contributed by atoms with van der Waals surface area (Å²) in [6.45, 7) is -1.47. The van der Waals surface area contributed by atoms with Crippen LogP contribution in [0.4, 0.5) is 22.0 Å².